The van der Waals surface area contributed by atoms with Gasteiger partial charge in [0.15, 0.2) is 11.6 Å². The number of thioether (sulfide) groups is 1. The number of carbonyl (C=O) groups excluding carboxylic acids is 2. The first-order valence-electron chi connectivity index (χ1n) is 18.8. The maximum atomic E-state index is 14.3. The Labute approximate surface area is 325 Å². The van der Waals surface area contributed by atoms with Crippen molar-refractivity contribution in [2.45, 2.75) is 82.9 Å². The monoisotopic (exact) mass is 772 g/mol. The lowest BCUT2D eigenvalue weighted by atomic mass is 9.81. The van der Waals surface area contributed by atoms with E-state index in [0.717, 1.165) is 54.7 Å². The van der Waals surface area contributed by atoms with Gasteiger partial charge in [-0.15, -0.1) is 11.8 Å². The van der Waals surface area contributed by atoms with Crippen LogP contribution in [-0.2, 0) is 23.1 Å². The number of nitrogen functional groups attached to an aromatic ring is 1. The Kier molecular flexibility index (Phi) is 13.0. The number of unbranched alkanes of at least 4 members (excludes halogenated alkanes) is 1. The summed E-state index contributed by atoms with van der Waals surface area (Å²) in [7, 11) is -2.39. The largest absolute Gasteiger partial charge is 0.485 e. The topological polar surface area (TPSA) is 136 Å². The molecule has 288 valence electrons. The summed E-state index contributed by atoms with van der Waals surface area (Å²) in [5, 5.41) is 3.35. The van der Waals surface area contributed by atoms with Crippen LogP contribution in [0.3, 0.4) is 0 Å². The predicted octanol–water partition coefficient (Wildman–Crippen LogP) is 9.02. The molecule has 1 aliphatic rings. The smallest absolute Gasteiger partial charge is 0.295 e. The van der Waals surface area contributed by atoms with Crippen molar-refractivity contribution >= 4 is 50.5 Å². The second-order valence-electron chi connectivity index (χ2n) is 14.9. The Hall–Kier alpha value is -4.16. The molecule has 0 radical (unpaired) electrons. The molecule has 0 amide bonds. The number of nitrogens with zero attached hydrogens (tertiary/aromatic N) is 1. The molecular weight excluding hydrogens is 719 g/mol. The van der Waals surface area contributed by atoms with E-state index >= 15 is 0 Å². The second kappa shape index (κ2) is 17.1. The maximum absolute atomic E-state index is 14.3. The predicted molar refractivity (Wildman–Crippen MR) is 220 cm³/mol. The Morgan fingerprint density at radius 2 is 1.61 bits per heavy atom. The van der Waals surface area contributed by atoms with Gasteiger partial charge < -0.3 is 20.3 Å². The molecule has 1 unspecified atom stereocenters. The first-order valence-corrected chi connectivity index (χ1v) is 21.2. The van der Waals surface area contributed by atoms with Crippen molar-refractivity contribution < 1.29 is 31.8 Å². The summed E-state index contributed by atoms with van der Waals surface area (Å²) in [5.74, 6) is 0.501. The molecule has 0 saturated carbocycles. The zero-order valence-corrected chi connectivity index (χ0v) is 34.0. The third kappa shape index (κ3) is 9.37. The minimum atomic E-state index is -4.45. The average Bonchev–Trinajstić information content (AvgIpc) is 3.13. The van der Waals surface area contributed by atoms with Crippen LogP contribution >= 0.6 is 11.8 Å². The number of carbonyl (C=O) groups is 2. The minimum Gasteiger partial charge on any atom is -0.485 e. The molecule has 0 aromatic heterocycles. The number of anilines is 3. The first-order chi connectivity index (χ1) is 25.6. The number of fused-ring (bicyclic) bond motifs is 2. The number of hydrogen-bond acceptors (Lipinski definition) is 8. The molecule has 1 aliphatic carbocycles. The Balaban J connectivity index is 1.50. The average molecular weight is 773 g/mol. The van der Waals surface area contributed by atoms with Crippen LogP contribution in [0.4, 0.5) is 17.1 Å². The van der Waals surface area contributed by atoms with Crippen LogP contribution < -0.4 is 15.8 Å². The van der Waals surface area contributed by atoms with Gasteiger partial charge in [0.2, 0.25) is 0 Å². The van der Waals surface area contributed by atoms with Crippen molar-refractivity contribution in [2.75, 3.05) is 43.5 Å². The molecular formula is C43H54N3O6S2+. The summed E-state index contributed by atoms with van der Waals surface area (Å²) in [6, 6.07) is 21.5. The van der Waals surface area contributed by atoms with Crippen LogP contribution in [-0.4, -0.2) is 66.3 Å². The number of nitrogens with two attached hydrogens (primary N) is 1. The van der Waals surface area contributed by atoms with Gasteiger partial charge in [0.05, 0.1) is 36.1 Å². The number of aryl methyl sites for hydroxylation is 2. The Morgan fingerprint density at radius 3 is 2.28 bits per heavy atom. The van der Waals surface area contributed by atoms with Gasteiger partial charge >= 0.3 is 0 Å². The molecule has 9 nitrogen and oxygen atoms in total. The molecule has 0 bridgehead atoms. The van der Waals surface area contributed by atoms with Gasteiger partial charge in [0.1, 0.15) is 30.3 Å². The fourth-order valence-electron chi connectivity index (χ4n) is 6.93. The number of rotatable bonds is 18. The van der Waals surface area contributed by atoms with Crippen molar-refractivity contribution in [2.24, 2.45) is 0 Å². The molecule has 54 heavy (non-hydrogen) atoms. The molecule has 4 N–H and O–H groups in total. The summed E-state index contributed by atoms with van der Waals surface area (Å²) in [4.78, 5) is 28.3. The number of likely N-dealkylation sites (N-methyl/N-ethyl adjacent to an activating group) is 1. The normalized spacial score (nSPS) is 14.0. The van der Waals surface area contributed by atoms with Gasteiger partial charge in [0.25, 0.3) is 10.1 Å². The highest BCUT2D eigenvalue weighted by atomic mass is 32.2. The third-order valence-corrected chi connectivity index (χ3v) is 13.4. The van der Waals surface area contributed by atoms with E-state index in [-0.39, 0.29) is 50.4 Å². The molecule has 0 aliphatic heterocycles. The van der Waals surface area contributed by atoms with Crippen molar-refractivity contribution in [1.29, 1.82) is 0 Å². The van der Waals surface area contributed by atoms with Gasteiger partial charge in [-0.3, -0.25) is 14.1 Å². The number of nitrogens with one attached hydrogen (secondary N) is 1. The van der Waals surface area contributed by atoms with Crippen molar-refractivity contribution in [3.63, 3.8) is 0 Å². The number of para-hydroxylation sites is 1. The molecule has 1 atom stereocenters. The van der Waals surface area contributed by atoms with E-state index in [0.29, 0.717) is 46.5 Å². The lowest BCUT2D eigenvalue weighted by Crippen LogP contribution is -2.48. The highest BCUT2D eigenvalue weighted by Gasteiger charge is 2.36. The fraction of sp³-hybridized carbons (Fsp3) is 0.395. The van der Waals surface area contributed by atoms with Gasteiger partial charge in [-0.05, 0) is 68.5 Å². The Morgan fingerprint density at radius 1 is 0.907 bits per heavy atom. The van der Waals surface area contributed by atoms with Crippen molar-refractivity contribution in [3.8, 4) is 5.75 Å². The number of hydrogen-bond donors (Lipinski definition) is 3. The number of ether oxygens (including phenoxy) is 1. The van der Waals surface area contributed by atoms with Gasteiger partial charge in [0, 0.05) is 38.9 Å². The number of ketones is 2. The molecule has 0 saturated heterocycles. The van der Waals surface area contributed by atoms with E-state index < -0.39 is 10.1 Å². The summed E-state index contributed by atoms with van der Waals surface area (Å²) in [6.45, 7) is 12.3. The van der Waals surface area contributed by atoms with Gasteiger partial charge in [-0.1, -0.05) is 76.1 Å². The zero-order valence-electron chi connectivity index (χ0n) is 32.3. The van der Waals surface area contributed by atoms with Crippen LogP contribution in [0, 0.1) is 6.92 Å². The van der Waals surface area contributed by atoms with Crippen LogP contribution in [0.5, 0.6) is 5.75 Å². The summed E-state index contributed by atoms with van der Waals surface area (Å²) in [5.41, 5.74) is 11.5. The molecule has 0 fully saturated rings. The molecule has 11 heteroatoms. The maximum Gasteiger partial charge on any atom is 0.295 e. The van der Waals surface area contributed by atoms with E-state index in [1.807, 2.05) is 67.2 Å². The van der Waals surface area contributed by atoms with Crippen LogP contribution in [0.15, 0.2) is 77.7 Å². The van der Waals surface area contributed by atoms with E-state index in [1.54, 1.807) is 18.2 Å². The van der Waals surface area contributed by atoms with Gasteiger partial charge in [-0.2, -0.15) is 8.42 Å². The SMILES string of the molecule is CCCCc1ccc2c(c1)C(=O)c1c(Nc3ccccc3)cc(OCC[N+](C)(CCSC(C)(CC)CC)Cc3cc(C)ccc3S(=O)(=O)O)c(N)c1C2=O. The molecule has 4 aromatic carbocycles. The van der Waals surface area contributed by atoms with Crippen LogP contribution in [0.1, 0.15) is 102 Å². The molecule has 5 rings (SSSR count). The molecule has 0 spiro atoms. The minimum absolute atomic E-state index is 0.0985. The zero-order chi connectivity index (χ0) is 39.3. The third-order valence-electron chi connectivity index (χ3n) is 10.7. The molecule has 4 aromatic rings. The number of benzene rings is 4. The summed E-state index contributed by atoms with van der Waals surface area (Å²) < 4.78 is 41.9. The molecule has 0 heterocycles. The highest BCUT2D eigenvalue weighted by molar-refractivity contribution is 8.00. The highest BCUT2D eigenvalue weighted by Crippen LogP contribution is 2.42. The van der Waals surface area contributed by atoms with Crippen molar-refractivity contribution in [1.82, 2.24) is 0 Å². The summed E-state index contributed by atoms with van der Waals surface area (Å²) >= 11 is 1.90. The first kappa shape index (κ1) is 41.0. The van der Waals surface area contributed by atoms with Crippen molar-refractivity contribution in [3.05, 3.63) is 112 Å². The standard InChI is InChI=1S/C43H53N3O6S2/c1-7-10-14-30-18-19-33-34(26-30)42(48)38-35(45-32-15-12-11-13-16-32)27-36(40(44)39(38)41(33)47)52-23-21-46(6,22-24-53-43(5,8-2)9-3)28-31-25-29(4)17-20-37(31)54(49,50)51/h11-13,15-20,25-27H,7-10,14,21-24,28H2,1-6H3,(H3-,44,45,47,48,49,50,51)/p+1. The lowest BCUT2D eigenvalue weighted by molar-refractivity contribution is -0.920. The van der Waals surface area contributed by atoms with Gasteiger partial charge in [-0.25, -0.2) is 0 Å². The Bertz CT molecular complexity index is 2120. The second-order valence-corrected chi connectivity index (χ2v) is 18.0. The van der Waals surface area contributed by atoms with Crippen LogP contribution in [0.2, 0.25) is 0 Å². The van der Waals surface area contributed by atoms with Crippen LogP contribution in [0.25, 0.3) is 0 Å². The fourth-order valence-corrected chi connectivity index (χ4v) is 9.06. The summed E-state index contributed by atoms with van der Waals surface area (Å²) in [6.07, 6.45) is 4.85. The van der Waals surface area contributed by atoms with E-state index in [9.17, 15) is 22.6 Å². The van der Waals surface area contributed by atoms with E-state index in [1.165, 1.54) is 6.07 Å². The van der Waals surface area contributed by atoms with E-state index in [2.05, 4.69) is 40.1 Å². The quantitative estimate of drug-likeness (QED) is 0.0453. The van der Waals surface area contributed by atoms with E-state index in [4.69, 9.17) is 10.5 Å². The lowest BCUT2D eigenvalue weighted by Gasteiger charge is -2.36. The number of quaternary nitrogens is 1.